The van der Waals surface area contributed by atoms with Crippen molar-refractivity contribution in [2.75, 3.05) is 13.2 Å². The molecule has 7 atom stereocenters. The summed E-state index contributed by atoms with van der Waals surface area (Å²) in [5.41, 5.74) is 0. The topological polar surface area (TPSA) is 149 Å². The Hall–Kier alpha value is -2.63. The predicted molar refractivity (Wildman–Crippen MR) is 295 cm³/mol. The van der Waals surface area contributed by atoms with E-state index in [0.717, 1.165) is 96.3 Å². The second-order valence-corrected chi connectivity index (χ2v) is 19.7. The zero-order valence-corrected chi connectivity index (χ0v) is 44.7. The van der Waals surface area contributed by atoms with E-state index in [-0.39, 0.29) is 12.5 Å². The SMILES string of the molecule is CC/C=C\C/C=C\C/C=C\C/C=C\C/C=C\C/C=C\C/C=C\CCCCCCCCCC(=O)NC(COC1OC(CO)C(O)C(O)C1O)C(O)CCCCCCCCCCCCCCCCCCCC. The molecule has 0 radical (unpaired) electrons. The van der Waals surface area contributed by atoms with Gasteiger partial charge in [0.25, 0.3) is 0 Å². The van der Waals surface area contributed by atoms with Gasteiger partial charge in [0.2, 0.25) is 5.91 Å². The smallest absolute Gasteiger partial charge is 0.220 e. The van der Waals surface area contributed by atoms with Crippen molar-refractivity contribution in [3.05, 3.63) is 85.1 Å². The van der Waals surface area contributed by atoms with Crippen LogP contribution in [0.4, 0.5) is 0 Å². The highest BCUT2D eigenvalue weighted by atomic mass is 16.7. The fourth-order valence-corrected chi connectivity index (χ4v) is 8.73. The van der Waals surface area contributed by atoms with E-state index in [9.17, 15) is 30.3 Å². The number of nitrogens with one attached hydrogen (secondary N) is 1. The Kier molecular flexibility index (Phi) is 46.6. The monoisotopic (exact) mass is 982 g/mol. The molecule has 9 nitrogen and oxygen atoms in total. The van der Waals surface area contributed by atoms with E-state index >= 15 is 0 Å². The quantitative estimate of drug-likeness (QED) is 0.0261. The molecule has 0 aromatic heterocycles. The number of hydrogen-bond donors (Lipinski definition) is 6. The Morgan fingerprint density at radius 3 is 1.31 bits per heavy atom. The van der Waals surface area contributed by atoms with Crippen LogP contribution in [0, 0.1) is 0 Å². The molecule has 0 spiro atoms. The molecule has 0 saturated carbocycles. The number of ether oxygens (including phenoxy) is 2. The highest BCUT2D eigenvalue weighted by molar-refractivity contribution is 5.76. The molecule has 1 aliphatic rings. The van der Waals surface area contributed by atoms with Gasteiger partial charge in [-0.3, -0.25) is 4.79 Å². The molecule has 1 heterocycles. The molecular formula is C61H107NO8. The summed E-state index contributed by atoms with van der Waals surface area (Å²) >= 11 is 0. The van der Waals surface area contributed by atoms with Crippen LogP contribution in [0.3, 0.4) is 0 Å². The number of allylic oxidation sites excluding steroid dienone is 14. The number of carbonyl (C=O) groups is 1. The summed E-state index contributed by atoms with van der Waals surface area (Å²) in [6.45, 7) is 3.73. The van der Waals surface area contributed by atoms with Crippen molar-refractivity contribution in [3.8, 4) is 0 Å². The summed E-state index contributed by atoms with van der Waals surface area (Å²) in [5.74, 6) is -0.157. The molecule has 404 valence electrons. The van der Waals surface area contributed by atoms with Crippen LogP contribution in [-0.4, -0.2) is 87.5 Å². The summed E-state index contributed by atoms with van der Waals surface area (Å²) in [6, 6.07) is -0.731. The molecule has 1 amide bonds. The van der Waals surface area contributed by atoms with Crippen LogP contribution in [0.1, 0.15) is 239 Å². The van der Waals surface area contributed by atoms with Crippen molar-refractivity contribution in [2.24, 2.45) is 0 Å². The first kappa shape index (κ1) is 65.4. The van der Waals surface area contributed by atoms with E-state index in [4.69, 9.17) is 9.47 Å². The van der Waals surface area contributed by atoms with Crippen LogP contribution >= 0.6 is 0 Å². The number of rotatable bonds is 48. The van der Waals surface area contributed by atoms with Gasteiger partial charge in [0.15, 0.2) is 6.29 Å². The molecule has 7 unspecified atom stereocenters. The van der Waals surface area contributed by atoms with Gasteiger partial charge in [0, 0.05) is 6.42 Å². The van der Waals surface area contributed by atoms with Gasteiger partial charge in [0.05, 0.1) is 25.4 Å². The van der Waals surface area contributed by atoms with E-state index in [1.54, 1.807) is 0 Å². The zero-order valence-electron chi connectivity index (χ0n) is 44.7. The van der Waals surface area contributed by atoms with Crippen molar-refractivity contribution in [3.63, 3.8) is 0 Å². The number of unbranched alkanes of at least 4 members (excludes halogenated alkanes) is 24. The third kappa shape index (κ3) is 39.0. The number of aliphatic hydroxyl groups is 5. The molecule has 9 heteroatoms. The van der Waals surface area contributed by atoms with Crippen LogP contribution in [-0.2, 0) is 14.3 Å². The van der Waals surface area contributed by atoms with Gasteiger partial charge in [0.1, 0.15) is 24.4 Å². The normalized spacial score (nSPS) is 20.0. The fraction of sp³-hybridized carbons (Fsp3) is 0.754. The predicted octanol–water partition coefficient (Wildman–Crippen LogP) is 14.2. The Bertz CT molecular complexity index is 1370. The lowest BCUT2D eigenvalue weighted by molar-refractivity contribution is -0.302. The molecule has 0 aromatic rings. The Balaban J connectivity index is 2.23. The first-order valence-electron chi connectivity index (χ1n) is 28.8. The highest BCUT2D eigenvalue weighted by Gasteiger charge is 2.44. The fourth-order valence-electron chi connectivity index (χ4n) is 8.73. The second-order valence-electron chi connectivity index (χ2n) is 19.7. The summed E-state index contributed by atoms with van der Waals surface area (Å²) in [4.78, 5) is 13.1. The Morgan fingerprint density at radius 2 is 0.886 bits per heavy atom. The number of carbonyl (C=O) groups excluding carboxylic acids is 1. The van der Waals surface area contributed by atoms with Gasteiger partial charge in [-0.25, -0.2) is 0 Å². The van der Waals surface area contributed by atoms with Crippen LogP contribution < -0.4 is 5.32 Å². The average Bonchev–Trinajstić information content (AvgIpc) is 3.36. The minimum atomic E-state index is -1.56. The van der Waals surface area contributed by atoms with E-state index < -0.39 is 49.5 Å². The van der Waals surface area contributed by atoms with Crippen molar-refractivity contribution in [2.45, 2.75) is 281 Å². The number of aliphatic hydroxyl groups excluding tert-OH is 5. The maximum Gasteiger partial charge on any atom is 0.220 e. The van der Waals surface area contributed by atoms with Gasteiger partial charge in [-0.15, -0.1) is 0 Å². The van der Waals surface area contributed by atoms with Crippen LogP contribution in [0.15, 0.2) is 85.1 Å². The maximum atomic E-state index is 13.1. The summed E-state index contributed by atoms with van der Waals surface area (Å²) in [6.07, 6.45) is 63.1. The standard InChI is InChI=1S/C61H107NO8/c1-3-5-7-9-11-13-15-17-19-21-23-24-25-26-27-28-29-30-31-32-33-35-37-39-41-43-45-47-49-51-57(65)62-54(53-69-61-60(68)59(67)58(66)56(52-63)70-61)55(64)50-48-46-44-42-40-38-36-34-22-20-18-16-14-12-10-8-6-4-2/h5,7,11,13,17,19,23-24,26-27,29-30,32-33,54-56,58-61,63-64,66-68H,3-4,6,8-10,12,14-16,18,20-22,25,28,31,34-53H2,1-2H3,(H,62,65)/b7-5-,13-11-,19-17-,24-23-,27-26-,30-29-,33-32-. The first-order chi connectivity index (χ1) is 34.3. The molecule has 6 N–H and O–H groups in total. The summed E-state index contributed by atoms with van der Waals surface area (Å²) in [5, 5.41) is 54.7. The van der Waals surface area contributed by atoms with E-state index in [2.05, 4.69) is 104 Å². The molecule has 0 aromatic carbocycles. The van der Waals surface area contributed by atoms with E-state index in [1.807, 2.05) is 0 Å². The average molecular weight is 983 g/mol. The van der Waals surface area contributed by atoms with E-state index in [0.29, 0.717) is 12.8 Å². The van der Waals surface area contributed by atoms with Gasteiger partial charge in [-0.1, -0.05) is 247 Å². The molecular weight excluding hydrogens is 875 g/mol. The molecule has 0 aliphatic carbocycles. The van der Waals surface area contributed by atoms with Gasteiger partial charge in [-0.2, -0.15) is 0 Å². The van der Waals surface area contributed by atoms with Crippen molar-refractivity contribution in [1.29, 1.82) is 0 Å². The minimum absolute atomic E-state index is 0.146. The van der Waals surface area contributed by atoms with Crippen molar-refractivity contribution in [1.82, 2.24) is 5.32 Å². The largest absolute Gasteiger partial charge is 0.394 e. The van der Waals surface area contributed by atoms with Gasteiger partial charge < -0.3 is 40.3 Å². The molecule has 0 bridgehead atoms. The lowest BCUT2D eigenvalue weighted by Gasteiger charge is -2.40. The number of amides is 1. The highest BCUT2D eigenvalue weighted by Crippen LogP contribution is 2.23. The first-order valence-corrected chi connectivity index (χ1v) is 28.8. The lowest BCUT2D eigenvalue weighted by Crippen LogP contribution is -2.60. The molecule has 1 aliphatic heterocycles. The second kappa shape index (κ2) is 49.9. The molecule has 1 saturated heterocycles. The third-order valence-corrected chi connectivity index (χ3v) is 13.3. The molecule has 1 fully saturated rings. The van der Waals surface area contributed by atoms with Crippen LogP contribution in [0.5, 0.6) is 0 Å². The zero-order chi connectivity index (χ0) is 50.8. The van der Waals surface area contributed by atoms with Crippen LogP contribution in [0.2, 0.25) is 0 Å². The van der Waals surface area contributed by atoms with E-state index in [1.165, 1.54) is 116 Å². The number of hydrogen-bond acceptors (Lipinski definition) is 8. The summed E-state index contributed by atoms with van der Waals surface area (Å²) in [7, 11) is 0. The molecule has 70 heavy (non-hydrogen) atoms. The lowest BCUT2D eigenvalue weighted by atomic mass is 9.99. The minimum Gasteiger partial charge on any atom is -0.394 e. The van der Waals surface area contributed by atoms with Gasteiger partial charge in [-0.05, 0) is 70.6 Å². The maximum absolute atomic E-state index is 13.1. The van der Waals surface area contributed by atoms with Crippen molar-refractivity contribution >= 4 is 5.91 Å². The van der Waals surface area contributed by atoms with Crippen LogP contribution in [0.25, 0.3) is 0 Å². The Morgan fingerprint density at radius 1 is 0.500 bits per heavy atom. The molecule has 1 rings (SSSR count). The Labute approximate surface area is 429 Å². The van der Waals surface area contributed by atoms with Gasteiger partial charge >= 0.3 is 0 Å². The third-order valence-electron chi connectivity index (χ3n) is 13.3. The van der Waals surface area contributed by atoms with Crippen molar-refractivity contribution < 1.29 is 39.8 Å². The summed E-state index contributed by atoms with van der Waals surface area (Å²) < 4.78 is 11.3.